The fraction of sp³-hybridized carbons (Fsp3) is 0.476. The summed E-state index contributed by atoms with van der Waals surface area (Å²) in [6, 6.07) is 9.63. The first-order valence-corrected chi connectivity index (χ1v) is 10.5. The van der Waals surface area contributed by atoms with Gasteiger partial charge in [0, 0.05) is 30.4 Å². The fourth-order valence-corrected chi connectivity index (χ4v) is 4.45. The number of rotatable bonds is 6. The summed E-state index contributed by atoms with van der Waals surface area (Å²) in [4.78, 5) is 14.7. The number of nitrogens with one attached hydrogen (secondary N) is 2. The van der Waals surface area contributed by atoms with Crippen molar-refractivity contribution in [2.45, 2.75) is 49.9 Å². The van der Waals surface area contributed by atoms with Gasteiger partial charge >= 0.3 is 0 Å². The summed E-state index contributed by atoms with van der Waals surface area (Å²) in [7, 11) is 0. The van der Waals surface area contributed by atoms with E-state index in [0.717, 1.165) is 25.7 Å². The lowest BCUT2D eigenvalue weighted by molar-refractivity contribution is -0.00399. The maximum Gasteiger partial charge on any atom is 0.272 e. The lowest BCUT2D eigenvalue weighted by Gasteiger charge is -2.46. The Kier molecular flexibility index (Phi) is 5.93. The molecule has 1 saturated carbocycles. The molecule has 0 radical (unpaired) electrons. The minimum absolute atomic E-state index is 0.313. The van der Waals surface area contributed by atoms with Crippen LogP contribution in [0, 0.1) is 11.3 Å². The number of amides is 1. The van der Waals surface area contributed by atoms with Crippen LogP contribution in [0.4, 0.5) is 10.1 Å². The highest BCUT2D eigenvalue weighted by Crippen LogP contribution is 2.40. The Morgan fingerprint density at radius 3 is 2.63 bits per heavy atom. The van der Waals surface area contributed by atoms with E-state index in [1.807, 2.05) is 0 Å². The van der Waals surface area contributed by atoms with Gasteiger partial charge in [-0.05, 0) is 49.9 Å². The Labute approximate surface area is 179 Å². The predicted octanol–water partition coefficient (Wildman–Crippen LogP) is 3.50. The molecule has 1 aromatic carbocycles. The highest BCUT2D eigenvalue weighted by atomic mass is 35.5. The van der Waals surface area contributed by atoms with Crippen LogP contribution < -0.4 is 10.9 Å². The van der Waals surface area contributed by atoms with E-state index < -0.39 is 11.7 Å². The summed E-state index contributed by atoms with van der Waals surface area (Å²) in [6.07, 6.45) is 6.21. The number of likely N-dealkylation sites (tertiary alicyclic amines) is 1. The monoisotopic (exact) mass is 430 g/mol. The van der Waals surface area contributed by atoms with Gasteiger partial charge < -0.3 is 0 Å². The van der Waals surface area contributed by atoms with E-state index in [9.17, 15) is 14.4 Å². The van der Waals surface area contributed by atoms with Crippen LogP contribution in [0.2, 0.25) is 5.02 Å². The summed E-state index contributed by atoms with van der Waals surface area (Å²) in [5.41, 5.74) is 6.19. The molecular formula is C21H24ClFN6O. The number of alkyl halides is 1. The molecule has 2 heterocycles. The van der Waals surface area contributed by atoms with Gasteiger partial charge in [0.1, 0.15) is 6.17 Å². The quantitative estimate of drug-likeness (QED) is 0.685. The largest absolute Gasteiger partial charge is 0.298 e. The first-order valence-electron chi connectivity index (χ1n) is 10.1. The molecule has 158 valence electrons. The summed E-state index contributed by atoms with van der Waals surface area (Å²) in [5.74, 6) is -0.313. The topological polar surface area (TPSA) is 86.0 Å². The molecule has 30 heavy (non-hydrogen) atoms. The van der Waals surface area contributed by atoms with E-state index in [4.69, 9.17) is 11.6 Å². The summed E-state index contributed by atoms with van der Waals surface area (Å²) >= 11 is 5.86. The van der Waals surface area contributed by atoms with Gasteiger partial charge in [-0.2, -0.15) is 10.4 Å². The smallest absolute Gasteiger partial charge is 0.272 e. The minimum Gasteiger partial charge on any atom is -0.298 e. The van der Waals surface area contributed by atoms with E-state index >= 15 is 0 Å². The Morgan fingerprint density at radius 2 is 2.00 bits per heavy atom. The number of carbonyl (C=O) groups is 1. The van der Waals surface area contributed by atoms with Gasteiger partial charge in [0.05, 0.1) is 35.5 Å². The second-order valence-electron chi connectivity index (χ2n) is 8.10. The van der Waals surface area contributed by atoms with Crippen molar-refractivity contribution < 1.29 is 9.18 Å². The zero-order valence-corrected chi connectivity index (χ0v) is 17.3. The van der Waals surface area contributed by atoms with Crippen molar-refractivity contribution in [2.75, 3.05) is 18.5 Å². The molecule has 1 aliphatic heterocycles. The van der Waals surface area contributed by atoms with E-state index in [-0.39, 0.29) is 5.91 Å². The van der Waals surface area contributed by atoms with Crippen molar-refractivity contribution in [1.29, 1.82) is 5.26 Å². The molecule has 2 fully saturated rings. The van der Waals surface area contributed by atoms with Crippen LogP contribution in [0.5, 0.6) is 0 Å². The van der Waals surface area contributed by atoms with Crippen molar-refractivity contribution in [3.63, 3.8) is 0 Å². The van der Waals surface area contributed by atoms with Crippen LogP contribution in [-0.4, -0.2) is 45.9 Å². The van der Waals surface area contributed by atoms with Gasteiger partial charge in [0.2, 0.25) is 0 Å². The van der Waals surface area contributed by atoms with Crippen LogP contribution in [-0.2, 0) is 5.54 Å². The van der Waals surface area contributed by atoms with Gasteiger partial charge in [-0.1, -0.05) is 11.6 Å². The Bertz CT molecular complexity index is 926. The molecule has 1 saturated heterocycles. The zero-order chi connectivity index (χ0) is 21.1. The summed E-state index contributed by atoms with van der Waals surface area (Å²) in [6.45, 7) is 1.03. The van der Waals surface area contributed by atoms with E-state index in [1.54, 1.807) is 35.1 Å². The number of anilines is 1. The van der Waals surface area contributed by atoms with Crippen molar-refractivity contribution >= 4 is 23.2 Å². The van der Waals surface area contributed by atoms with Gasteiger partial charge in [0.15, 0.2) is 0 Å². The molecule has 2 aliphatic rings. The lowest BCUT2D eigenvalue weighted by atomic mass is 9.76. The Hall–Kier alpha value is -2.63. The lowest BCUT2D eigenvalue weighted by Crippen LogP contribution is -2.55. The molecule has 7 nitrogen and oxygen atoms in total. The van der Waals surface area contributed by atoms with E-state index in [0.29, 0.717) is 41.8 Å². The molecule has 0 unspecified atom stereocenters. The van der Waals surface area contributed by atoms with E-state index in [2.05, 4.69) is 26.9 Å². The fourth-order valence-electron chi connectivity index (χ4n) is 4.33. The molecule has 2 N–H and O–H groups in total. The number of hydrogen-bond acceptors (Lipinski definition) is 5. The molecule has 0 atom stereocenters. The Balaban J connectivity index is 1.39. The average molecular weight is 431 g/mol. The standard InChI is InChI=1S/C21H24ClFN6O/c22-16-1-3-18(4-2-16)26-27-20(30)15-11-25-29(12-15)21(9-10-24)7-5-19(6-8-21)28-13-17(23)14-28/h1-4,11-12,17,19,26H,5-9,13-14H2,(H,27,30). The molecule has 0 bridgehead atoms. The molecule has 4 rings (SSSR count). The van der Waals surface area contributed by atoms with Crippen LogP contribution in [0.15, 0.2) is 36.7 Å². The van der Waals surface area contributed by atoms with Crippen LogP contribution >= 0.6 is 11.6 Å². The number of nitrogens with zero attached hydrogens (tertiary/aromatic N) is 4. The second-order valence-corrected chi connectivity index (χ2v) is 8.54. The minimum atomic E-state index is -0.704. The third-order valence-electron chi connectivity index (χ3n) is 6.17. The maximum atomic E-state index is 13.2. The van der Waals surface area contributed by atoms with Gasteiger partial charge in [-0.3, -0.25) is 25.2 Å². The average Bonchev–Trinajstić information content (AvgIpc) is 3.23. The Morgan fingerprint density at radius 1 is 1.30 bits per heavy atom. The zero-order valence-electron chi connectivity index (χ0n) is 16.5. The number of aromatic nitrogens is 2. The third-order valence-corrected chi connectivity index (χ3v) is 6.42. The molecule has 0 spiro atoms. The van der Waals surface area contributed by atoms with Crippen molar-refractivity contribution in [2.24, 2.45) is 0 Å². The highest BCUT2D eigenvalue weighted by Gasteiger charge is 2.42. The number of hydrazine groups is 1. The number of halogens is 2. The van der Waals surface area contributed by atoms with Gasteiger partial charge in [-0.15, -0.1) is 0 Å². The molecule has 1 aliphatic carbocycles. The van der Waals surface area contributed by atoms with Crippen LogP contribution in [0.3, 0.4) is 0 Å². The first kappa shape index (κ1) is 20.6. The van der Waals surface area contributed by atoms with Gasteiger partial charge in [0.25, 0.3) is 5.91 Å². The predicted molar refractivity (Wildman–Crippen MR) is 112 cm³/mol. The highest BCUT2D eigenvalue weighted by molar-refractivity contribution is 6.30. The molecular weight excluding hydrogens is 407 g/mol. The first-order chi connectivity index (χ1) is 14.5. The van der Waals surface area contributed by atoms with Crippen molar-refractivity contribution in [3.8, 4) is 6.07 Å². The van der Waals surface area contributed by atoms with Crippen molar-refractivity contribution in [1.82, 2.24) is 20.1 Å². The molecule has 1 aromatic heterocycles. The van der Waals surface area contributed by atoms with Crippen LogP contribution in [0.1, 0.15) is 42.5 Å². The van der Waals surface area contributed by atoms with Crippen LogP contribution in [0.25, 0.3) is 0 Å². The molecule has 9 heteroatoms. The number of nitriles is 1. The number of carbonyl (C=O) groups excluding carboxylic acids is 1. The number of benzene rings is 1. The second kappa shape index (κ2) is 8.62. The SMILES string of the molecule is N#CCC1(n2cc(C(=O)NNc3ccc(Cl)cc3)cn2)CCC(N2CC(F)C2)CC1. The maximum absolute atomic E-state index is 13.2. The van der Waals surface area contributed by atoms with Gasteiger partial charge in [-0.25, -0.2) is 4.39 Å². The summed E-state index contributed by atoms with van der Waals surface area (Å²) in [5, 5.41) is 14.4. The summed E-state index contributed by atoms with van der Waals surface area (Å²) < 4.78 is 15.0. The normalized spacial score (nSPS) is 24.6. The van der Waals surface area contributed by atoms with E-state index in [1.165, 1.54) is 6.20 Å². The number of hydrogen-bond donors (Lipinski definition) is 2. The molecule has 1 amide bonds. The van der Waals surface area contributed by atoms with Crippen molar-refractivity contribution in [3.05, 3.63) is 47.2 Å². The third kappa shape index (κ3) is 4.27. The molecule has 2 aromatic rings.